The summed E-state index contributed by atoms with van der Waals surface area (Å²) >= 11 is 0. The Hall–Kier alpha value is -2.33. The number of ether oxygens (including phenoxy) is 1. The monoisotopic (exact) mass is 230 g/mol. The van der Waals surface area contributed by atoms with Gasteiger partial charge in [0.05, 0.1) is 5.56 Å². The maximum absolute atomic E-state index is 11.1. The number of carbonyl (C=O) groups excluding carboxylic acids is 1. The van der Waals surface area contributed by atoms with Gasteiger partial charge in [0.1, 0.15) is 11.5 Å². The molecule has 2 aromatic rings. The summed E-state index contributed by atoms with van der Waals surface area (Å²) in [6, 6.07) is 15.6. The lowest BCUT2D eigenvalue weighted by atomic mass is 10.2. The Morgan fingerprint density at radius 2 is 1.65 bits per heavy atom. The van der Waals surface area contributed by atoms with E-state index in [-0.39, 0.29) is 5.56 Å². The maximum atomic E-state index is 11.1. The molecule has 0 unspecified atom stereocenters. The smallest absolute Gasteiger partial charge is 0.372 e. The highest BCUT2D eigenvalue weighted by Gasteiger charge is 2.07. The predicted octanol–water partition coefficient (Wildman–Crippen LogP) is 3.11. The Morgan fingerprint density at radius 3 is 2.35 bits per heavy atom. The average molecular weight is 230 g/mol. The summed E-state index contributed by atoms with van der Waals surface area (Å²) in [5.74, 6) is 0.352. The molecule has 0 bridgehead atoms. The molecule has 0 aliphatic rings. The van der Waals surface area contributed by atoms with Crippen LogP contribution in [-0.2, 0) is 4.89 Å². The van der Waals surface area contributed by atoms with Crippen LogP contribution in [0.4, 0.5) is 0 Å². The molecule has 0 heterocycles. The summed E-state index contributed by atoms with van der Waals surface area (Å²) in [7, 11) is 0. The Bertz CT molecular complexity index is 508. The van der Waals surface area contributed by atoms with E-state index in [4.69, 9.17) is 9.99 Å². The Balaban J connectivity index is 2.20. The average Bonchev–Trinajstić information content (AvgIpc) is 2.39. The van der Waals surface area contributed by atoms with E-state index in [2.05, 4.69) is 4.89 Å². The lowest BCUT2D eigenvalue weighted by Gasteiger charge is -2.06. The van der Waals surface area contributed by atoms with Gasteiger partial charge in [0.15, 0.2) is 0 Å². The second-order valence-corrected chi connectivity index (χ2v) is 3.32. The first kappa shape index (κ1) is 11.2. The minimum atomic E-state index is -0.816. The van der Waals surface area contributed by atoms with Crippen molar-refractivity contribution >= 4 is 5.97 Å². The molecule has 2 rings (SSSR count). The van der Waals surface area contributed by atoms with Crippen LogP contribution in [0.1, 0.15) is 10.4 Å². The Kier molecular flexibility index (Phi) is 3.37. The van der Waals surface area contributed by atoms with Gasteiger partial charge in [0.25, 0.3) is 0 Å². The summed E-state index contributed by atoms with van der Waals surface area (Å²) in [6.45, 7) is 0. The Labute approximate surface area is 98.0 Å². The molecule has 0 saturated heterocycles. The van der Waals surface area contributed by atoms with Crippen molar-refractivity contribution in [2.75, 3.05) is 0 Å². The molecule has 0 atom stereocenters. The number of para-hydroxylation sites is 1. The first-order chi connectivity index (χ1) is 8.29. The van der Waals surface area contributed by atoms with E-state index < -0.39 is 5.97 Å². The summed E-state index contributed by atoms with van der Waals surface area (Å²) in [4.78, 5) is 14.7. The van der Waals surface area contributed by atoms with Gasteiger partial charge in [-0.1, -0.05) is 24.3 Å². The van der Waals surface area contributed by atoms with E-state index in [9.17, 15) is 4.79 Å². The zero-order valence-corrected chi connectivity index (χ0v) is 8.87. The summed E-state index contributed by atoms with van der Waals surface area (Å²) in [6.07, 6.45) is 0. The van der Waals surface area contributed by atoms with Gasteiger partial charge in [-0.05, 0) is 30.3 Å². The highest BCUT2D eigenvalue weighted by molar-refractivity contribution is 5.89. The molecule has 0 fully saturated rings. The zero-order valence-electron chi connectivity index (χ0n) is 8.87. The van der Waals surface area contributed by atoms with Gasteiger partial charge in [-0.3, -0.25) is 4.89 Å². The first-order valence-corrected chi connectivity index (χ1v) is 4.98. The van der Waals surface area contributed by atoms with E-state index in [0.717, 1.165) is 0 Å². The normalized spacial score (nSPS) is 9.71. The third kappa shape index (κ3) is 2.83. The quantitative estimate of drug-likeness (QED) is 0.650. The minimum Gasteiger partial charge on any atom is -0.457 e. The predicted molar refractivity (Wildman–Crippen MR) is 61.0 cm³/mol. The molecule has 0 radical (unpaired) electrons. The lowest BCUT2D eigenvalue weighted by molar-refractivity contribution is -0.182. The second kappa shape index (κ2) is 5.14. The molecule has 86 valence electrons. The van der Waals surface area contributed by atoms with Crippen molar-refractivity contribution in [1.29, 1.82) is 0 Å². The summed E-state index contributed by atoms with van der Waals surface area (Å²) < 4.78 is 5.52. The van der Waals surface area contributed by atoms with Crippen LogP contribution in [0.2, 0.25) is 0 Å². The second-order valence-electron chi connectivity index (χ2n) is 3.32. The van der Waals surface area contributed by atoms with Crippen LogP contribution >= 0.6 is 0 Å². The molecule has 0 aliphatic heterocycles. The summed E-state index contributed by atoms with van der Waals surface area (Å²) in [5.41, 5.74) is 0.223. The minimum absolute atomic E-state index is 0.223. The van der Waals surface area contributed by atoms with Gasteiger partial charge in [-0.2, -0.15) is 5.26 Å². The van der Waals surface area contributed by atoms with Crippen molar-refractivity contribution < 1.29 is 19.7 Å². The van der Waals surface area contributed by atoms with Crippen molar-refractivity contribution in [3.63, 3.8) is 0 Å². The molecule has 17 heavy (non-hydrogen) atoms. The van der Waals surface area contributed by atoms with Gasteiger partial charge >= 0.3 is 5.97 Å². The molecular weight excluding hydrogens is 220 g/mol. The maximum Gasteiger partial charge on any atom is 0.372 e. The zero-order chi connectivity index (χ0) is 12.1. The number of hydrogen-bond acceptors (Lipinski definition) is 4. The molecule has 0 saturated carbocycles. The highest BCUT2D eigenvalue weighted by Crippen LogP contribution is 2.21. The number of benzene rings is 2. The summed E-state index contributed by atoms with van der Waals surface area (Å²) in [5, 5.41) is 8.28. The van der Waals surface area contributed by atoms with Gasteiger partial charge in [0, 0.05) is 0 Å². The van der Waals surface area contributed by atoms with E-state index in [1.807, 2.05) is 18.2 Å². The van der Waals surface area contributed by atoms with Crippen molar-refractivity contribution in [2.24, 2.45) is 0 Å². The van der Waals surface area contributed by atoms with Gasteiger partial charge in [0.2, 0.25) is 0 Å². The molecule has 1 N–H and O–H groups in total. The number of rotatable bonds is 3. The van der Waals surface area contributed by atoms with Crippen molar-refractivity contribution in [1.82, 2.24) is 0 Å². The van der Waals surface area contributed by atoms with Crippen LogP contribution in [0.25, 0.3) is 0 Å². The molecular formula is C13H10O4. The van der Waals surface area contributed by atoms with Crippen LogP contribution in [0.3, 0.4) is 0 Å². The van der Waals surface area contributed by atoms with Crippen molar-refractivity contribution in [3.05, 3.63) is 60.2 Å². The van der Waals surface area contributed by atoms with Crippen LogP contribution < -0.4 is 4.74 Å². The SMILES string of the molecule is O=C(OO)c1cccc(Oc2ccccc2)c1. The highest BCUT2D eigenvalue weighted by atomic mass is 17.1. The van der Waals surface area contributed by atoms with Gasteiger partial charge < -0.3 is 4.74 Å². The third-order valence-electron chi connectivity index (χ3n) is 2.13. The third-order valence-corrected chi connectivity index (χ3v) is 2.13. The molecule has 0 aromatic heterocycles. The largest absolute Gasteiger partial charge is 0.457 e. The van der Waals surface area contributed by atoms with Crippen LogP contribution in [0.5, 0.6) is 11.5 Å². The molecule has 0 amide bonds. The number of hydrogen-bond donors (Lipinski definition) is 1. The van der Waals surface area contributed by atoms with E-state index in [0.29, 0.717) is 11.5 Å². The first-order valence-electron chi connectivity index (χ1n) is 4.98. The van der Waals surface area contributed by atoms with E-state index in [1.165, 1.54) is 12.1 Å². The number of carbonyl (C=O) groups is 1. The molecule has 2 aromatic carbocycles. The molecule has 0 aliphatic carbocycles. The van der Waals surface area contributed by atoms with Crippen molar-refractivity contribution in [2.45, 2.75) is 0 Å². The topological polar surface area (TPSA) is 55.8 Å². The fraction of sp³-hybridized carbons (Fsp3) is 0. The van der Waals surface area contributed by atoms with E-state index >= 15 is 0 Å². The van der Waals surface area contributed by atoms with Gasteiger partial charge in [-0.15, -0.1) is 0 Å². The fourth-order valence-corrected chi connectivity index (χ4v) is 1.36. The lowest BCUT2D eigenvalue weighted by Crippen LogP contribution is -2.01. The van der Waals surface area contributed by atoms with Gasteiger partial charge in [-0.25, -0.2) is 4.79 Å². The van der Waals surface area contributed by atoms with Crippen LogP contribution in [0.15, 0.2) is 54.6 Å². The molecule has 4 nitrogen and oxygen atoms in total. The standard InChI is InChI=1S/C13H10O4/c14-13(17-15)10-5-4-8-12(9-10)16-11-6-2-1-3-7-11/h1-9,15H. The van der Waals surface area contributed by atoms with Crippen LogP contribution in [0, 0.1) is 0 Å². The van der Waals surface area contributed by atoms with Crippen molar-refractivity contribution in [3.8, 4) is 11.5 Å². The fourth-order valence-electron chi connectivity index (χ4n) is 1.36. The van der Waals surface area contributed by atoms with Crippen LogP contribution in [-0.4, -0.2) is 11.2 Å². The molecule has 0 spiro atoms. The Morgan fingerprint density at radius 1 is 0.941 bits per heavy atom. The van der Waals surface area contributed by atoms with E-state index in [1.54, 1.807) is 24.3 Å². The molecule has 4 heteroatoms.